The summed E-state index contributed by atoms with van der Waals surface area (Å²) in [7, 11) is 0. The van der Waals surface area contributed by atoms with Crippen molar-refractivity contribution in [2.24, 2.45) is 0 Å². The molecule has 15 heavy (non-hydrogen) atoms. The van der Waals surface area contributed by atoms with Crippen molar-refractivity contribution in [3.05, 3.63) is 59.8 Å². The van der Waals surface area contributed by atoms with Crippen LogP contribution in [0.1, 0.15) is 11.3 Å². The van der Waals surface area contributed by atoms with E-state index < -0.39 is 0 Å². The van der Waals surface area contributed by atoms with Crippen LogP contribution in [0.4, 0.5) is 0 Å². The summed E-state index contributed by atoms with van der Waals surface area (Å²) >= 11 is 0. The fourth-order valence-electron chi connectivity index (χ4n) is 1.90. The Morgan fingerprint density at radius 2 is 2.00 bits per heavy atom. The predicted molar refractivity (Wildman–Crippen MR) is 63.6 cm³/mol. The van der Waals surface area contributed by atoms with Gasteiger partial charge in [0.05, 0.1) is 11.2 Å². The zero-order valence-electron chi connectivity index (χ0n) is 8.35. The van der Waals surface area contributed by atoms with E-state index in [-0.39, 0.29) is 0 Å². The third-order valence-corrected chi connectivity index (χ3v) is 2.68. The maximum absolute atomic E-state index is 4.65. The van der Waals surface area contributed by atoms with Crippen LogP contribution in [-0.2, 0) is 6.42 Å². The van der Waals surface area contributed by atoms with Gasteiger partial charge in [-0.1, -0.05) is 36.4 Å². The molecule has 1 aliphatic carbocycles. The summed E-state index contributed by atoms with van der Waals surface area (Å²) in [5.41, 5.74) is 3.47. The van der Waals surface area contributed by atoms with Gasteiger partial charge in [0.25, 0.3) is 0 Å². The van der Waals surface area contributed by atoms with Crippen LogP contribution >= 0.6 is 0 Å². The molecule has 0 spiro atoms. The molecule has 3 rings (SSSR count). The van der Waals surface area contributed by atoms with Gasteiger partial charge in [0.1, 0.15) is 0 Å². The lowest BCUT2D eigenvalue weighted by atomic mass is 10.1. The SMILES string of the molecule is C1=CCc2cc3ccccc3nc2C=C1. The van der Waals surface area contributed by atoms with Crippen LogP contribution in [0.3, 0.4) is 0 Å². The second-order valence-corrected chi connectivity index (χ2v) is 3.72. The Kier molecular flexibility index (Phi) is 1.88. The summed E-state index contributed by atoms with van der Waals surface area (Å²) in [4.78, 5) is 4.65. The van der Waals surface area contributed by atoms with E-state index in [0.717, 1.165) is 17.6 Å². The van der Waals surface area contributed by atoms with Gasteiger partial charge in [-0.2, -0.15) is 0 Å². The van der Waals surface area contributed by atoms with Crippen LogP contribution in [0.2, 0.25) is 0 Å². The second-order valence-electron chi connectivity index (χ2n) is 3.72. The molecule has 0 amide bonds. The molecule has 0 N–H and O–H groups in total. The maximum Gasteiger partial charge on any atom is 0.0709 e. The lowest BCUT2D eigenvalue weighted by Gasteiger charge is -2.04. The lowest BCUT2D eigenvalue weighted by molar-refractivity contribution is 1.21. The van der Waals surface area contributed by atoms with Crippen molar-refractivity contribution in [1.29, 1.82) is 0 Å². The monoisotopic (exact) mass is 193 g/mol. The number of allylic oxidation sites excluding steroid dienone is 3. The first-order valence-electron chi connectivity index (χ1n) is 5.15. The number of aromatic nitrogens is 1. The van der Waals surface area contributed by atoms with Gasteiger partial charge in [0.2, 0.25) is 0 Å². The normalized spacial score (nSPS) is 13.9. The van der Waals surface area contributed by atoms with Gasteiger partial charge in [0, 0.05) is 5.39 Å². The van der Waals surface area contributed by atoms with Crippen LogP contribution in [0.25, 0.3) is 17.0 Å². The molecule has 0 aliphatic heterocycles. The van der Waals surface area contributed by atoms with Crippen LogP contribution < -0.4 is 0 Å². The maximum atomic E-state index is 4.65. The molecule has 0 bridgehead atoms. The zero-order valence-corrected chi connectivity index (χ0v) is 8.35. The topological polar surface area (TPSA) is 12.9 Å². The standard InChI is InChI=1S/C14H11N/c1-2-6-11-10-12-7-4-5-9-14(12)15-13(11)8-3-1/h1-5,7-10H,6H2. The van der Waals surface area contributed by atoms with E-state index in [4.69, 9.17) is 0 Å². The molecule has 1 nitrogen and oxygen atoms in total. The highest BCUT2D eigenvalue weighted by molar-refractivity contribution is 5.81. The Hall–Kier alpha value is -1.89. The molecule has 1 aliphatic rings. The molecule has 1 heterocycles. The molecule has 0 fully saturated rings. The van der Waals surface area contributed by atoms with Crippen LogP contribution in [0, 0.1) is 0 Å². The minimum Gasteiger partial charge on any atom is -0.248 e. The number of hydrogen-bond acceptors (Lipinski definition) is 1. The molecule has 1 heteroatoms. The van der Waals surface area contributed by atoms with Gasteiger partial charge in [-0.3, -0.25) is 0 Å². The van der Waals surface area contributed by atoms with Crippen molar-refractivity contribution in [2.45, 2.75) is 6.42 Å². The fraction of sp³-hybridized carbons (Fsp3) is 0.0714. The van der Waals surface area contributed by atoms with E-state index in [1.54, 1.807) is 0 Å². The molecule has 0 radical (unpaired) electrons. The van der Waals surface area contributed by atoms with Crippen molar-refractivity contribution < 1.29 is 0 Å². The molecule has 0 saturated heterocycles. The Morgan fingerprint density at radius 1 is 1.07 bits per heavy atom. The average Bonchev–Trinajstić information content (AvgIpc) is 2.50. The van der Waals surface area contributed by atoms with E-state index in [1.165, 1.54) is 10.9 Å². The van der Waals surface area contributed by atoms with E-state index in [2.05, 4.69) is 47.5 Å². The fourth-order valence-corrected chi connectivity index (χ4v) is 1.90. The van der Waals surface area contributed by atoms with E-state index in [0.29, 0.717) is 0 Å². The molecule has 1 aromatic heterocycles. The molecule has 0 saturated carbocycles. The summed E-state index contributed by atoms with van der Waals surface area (Å²) in [6.07, 6.45) is 9.34. The van der Waals surface area contributed by atoms with Gasteiger partial charge >= 0.3 is 0 Å². The summed E-state index contributed by atoms with van der Waals surface area (Å²) < 4.78 is 0. The highest BCUT2D eigenvalue weighted by Crippen LogP contribution is 2.19. The molecule has 0 atom stereocenters. The van der Waals surface area contributed by atoms with Crippen LogP contribution in [0.15, 0.2) is 48.6 Å². The van der Waals surface area contributed by atoms with Crippen LogP contribution in [0.5, 0.6) is 0 Å². The smallest absolute Gasteiger partial charge is 0.0709 e. The number of nitrogens with zero attached hydrogens (tertiary/aromatic N) is 1. The first-order chi connectivity index (χ1) is 7.43. The van der Waals surface area contributed by atoms with Crippen molar-refractivity contribution in [2.75, 3.05) is 0 Å². The summed E-state index contributed by atoms with van der Waals surface area (Å²) in [5.74, 6) is 0. The lowest BCUT2D eigenvalue weighted by Crippen LogP contribution is -1.91. The van der Waals surface area contributed by atoms with Crippen molar-refractivity contribution in [3.8, 4) is 0 Å². The van der Waals surface area contributed by atoms with Crippen molar-refractivity contribution in [1.82, 2.24) is 4.98 Å². The molecule has 1 aromatic carbocycles. The number of benzene rings is 1. The van der Waals surface area contributed by atoms with Gasteiger partial charge in [0.15, 0.2) is 0 Å². The first kappa shape index (κ1) is 8.42. The van der Waals surface area contributed by atoms with Gasteiger partial charge in [-0.15, -0.1) is 0 Å². The number of para-hydroxylation sites is 1. The second kappa shape index (κ2) is 3.35. The van der Waals surface area contributed by atoms with Crippen molar-refractivity contribution >= 4 is 17.0 Å². The third-order valence-electron chi connectivity index (χ3n) is 2.68. The Morgan fingerprint density at radius 3 is 3.00 bits per heavy atom. The Balaban J connectivity index is 2.31. The van der Waals surface area contributed by atoms with Gasteiger partial charge < -0.3 is 0 Å². The Labute approximate surface area is 88.8 Å². The number of fused-ring (bicyclic) bond motifs is 2. The van der Waals surface area contributed by atoms with Gasteiger partial charge in [-0.25, -0.2) is 4.98 Å². The zero-order chi connectivity index (χ0) is 10.1. The predicted octanol–water partition coefficient (Wildman–Crippen LogP) is 3.36. The van der Waals surface area contributed by atoms with Crippen LogP contribution in [-0.4, -0.2) is 4.98 Å². The molecular formula is C14H11N. The minimum atomic E-state index is 0.972. The molecule has 2 aromatic rings. The highest BCUT2D eigenvalue weighted by atomic mass is 14.7. The highest BCUT2D eigenvalue weighted by Gasteiger charge is 2.04. The minimum absolute atomic E-state index is 0.972. The largest absolute Gasteiger partial charge is 0.248 e. The average molecular weight is 193 g/mol. The first-order valence-corrected chi connectivity index (χ1v) is 5.15. The number of rotatable bonds is 0. The van der Waals surface area contributed by atoms with E-state index in [9.17, 15) is 0 Å². The molecular weight excluding hydrogens is 182 g/mol. The van der Waals surface area contributed by atoms with E-state index >= 15 is 0 Å². The van der Waals surface area contributed by atoms with Crippen molar-refractivity contribution in [3.63, 3.8) is 0 Å². The number of pyridine rings is 1. The summed E-state index contributed by atoms with van der Waals surface area (Å²) in [5, 5.41) is 1.22. The molecule has 0 unspecified atom stereocenters. The van der Waals surface area contributed by atoms with E-state index in [1.807, 2.05) is 12.1 Å². The molecule has 72 valence electrons. The summed E-state index contributed by atoms with van der Waals surface area (Å²) in [6, 6.07) is 10.5. The Bertz CT molecular complexity index is 565. The third kappa shape index (κ3) is 1.46. The number of hydrogen-bond donors (Lipinski definition) is 0. The quantitative estimate of drug-likeness (QED) is 0.625. The van der Waals surface area contributed by atoms with Gasteiger partial charge in [-0.05, 0) is 30.2 Å². The summed E-state index contributed by atoms with van der Waals surface area (Å²) in [6.45, 7) is 0.